The minimum atomic E-state index is -0.576. The van der Waals surface area contributed by atoms with Crippen LogP contribution in [0.25, 0.3) is 11.0 Å². The van der Waals surface area contributed by atoms with Crippen LogP contribution in [0.5, 0.6) is 0 Å². The molecule has 0 radical (unpaired) electrons. The highest BCUT2D eigenvalue weighted by Gasteiger charge is 2.35. The van der Waals surface area contributed by atoms with Crippen LogP contribution in [0, 0.1) is 0 Å². The summed E-state index contributed by atoms with van der Waals surface area (Å²) in [4.78, 5) is 26.6. The summed E-state index contributed by atoms with van der Waals surface area (Å²) in [6.07, 6.45) is 0. The van der Waals surface area contributed by atoms with Crippen molar-refractivity contribution in [3.8, 4) is 0 Å². The average molecular weight is 286 g/mol. The largest absolute Gasteiger partial charge is 0.422 e. The third-order valence-corrected chi connectivity index (χ3v) is 3.92. The van der Waals surface area contributed by atoms with E-state index in [2.05, 4.69) is 5.32 Å². The van der Waals surface area contributed by atoms with Gasteiger partial charge in [-0.2, -0.15) is 0 Å². The molecular weight excluding hydrogens is 268 g/mol. The maximum absolute atomic E-state index is 12.7. The van der Waals surface area contributed by atoms with Crippen molar-refractivity contribution in [3.05, 3.63) is 46.3 Å². The Hall–Kier alpha value is -2.14. The first-order chi connectivity index (χ1) is 9.99. The van der Waals surface area contributed by atoms with E-state index in [1.807, 2.05) is 26.0 Å². The summed E-state index contributed by atoms with van der Waals surface area (Å²) in [5.41, 5.74) is -0.303. The van der Waals surface area contributed by atoms with Crippen LogP contribution in [0.15, 0.2) is 39.5 Å². The molecule has 1 aliphatic rings. The zero-order valence-corrected chi connectivity index (χ0v) is 12.2. The van der Waals surface area contributed by atoms with Crippen molar-refractivity contribution in [3.63, 3.8) is 0 Å². The van der Waals surface area contributed by atoms with E-state index < -0.39 is 5.63 Å². The Balaban J connectivity index is 2.05. The molecule has 0 unspecified atom stereocenters. The van der Waals surface area contributed by atoms with Gasteiger partial charge in [0.05, 0.1) is 5.54 Å². The molecule has 0 aliphatic carbocycles. The highest BCUT2D eigenvalue weighted by Crippen LogP contribution is 2.20. The van der Waals surface area contributed by atoms with Gasteiger partial charge in [-0.15, -0.1) is 0 Å². The third kappa shape index (κ3) is 2.45. The average Bonchev–Trinajstić information content (AvgIpc) is 2.45. The second kappa shape index (κ2) is 5.00. The topological polar surface area (TPSA) is 62.6 Å². The molecule has 0 atom stereocenters. The molecule has 21 heavy (non-hydrogen) atoms. The van der Waals surface area contributed by atoms with Gasteiger partial charge < -0.3 is 14.6 Å². The van der Waals surface area contributed by atoms with Gasteiger partial charge in [0.2, 0.25) is 0 Å². The van der Waals surface area contributed by atoms with Gasteiger partial charge in [0, 0.05) is 25.0 Å². The summed E-state index contributed by atoms with van der Waals surface area (Å²) < 4.78 is 5.25. The van der Waals surface area contributed by atoms with Gasteiger partial charge in [-0.05, 0) is 26.0 Å². The summed E-state index contributed by atoms with van der Waals surface area (Å²) >= 11 is 0. The fourth-order valence-electron chi connectivity index (χ4n) is 2.72. The molecule has 1 amide bonds. The normalized spacial score (nSPS) is 17.9. The Morgan fingerprint density at radius 2 is 2.10 bits per heavy atom. The molecule has 1 aromatic carbocycles. The standard InChI is InChI=1S/C16H18N2O3/c1-16(2)10-17-7-8-18(16)14(19)12-9-11-5-3-4-6-13(11)21-15(12)20/h3-6,9,17H,7-8,10H2,1-2H3. The van der Waals surface area contributed by atoms with Crippen molar-refractivity contribution >= 4 is 16.9 Å². The first-order valence-electron chi connectivity index (χ1n) is 7.05. The zero-order chi connectivity index (χ0) is 15.0. The van der Waals surface area contributed by atoms with Gasteiger partial charge >= 0.3 is 5.63 Å². The number of piperazine rings is 1. The van der Waals surface area contributed by atoms with Gasteiger partial charge in [0.25, 0.3) is 5.91 Å². The molecule has 2 aromatic rings. The van der Waals surface area contributed by atoms with Gasteiger partial charge in [-0.3, -0.25) is 4.79 Å². The van der Waals surface area contributed by atoms with E-state index >= 15 is 0 Å². The number of amides is 1. The molecule has 5 nitrogen and oxygen atoms in total. The molecule has 0 bridgehead atoms. The van der Waals surface area contributed by atoms with Gasteiger partial charge in [0.15, 0.2) is 0 Å². The Bertz CT molecular complexity index is 749. The van der Waals surface area contributed by atoms with Crippen molar-refractivity contribution in [2.24, 2.45) is 0 Å². The number of rotatable bonds is 1. The van der Waals surface area contributed by atoms with Crippen molar-refractivity contribution in [1.29, 1.82) is 0 Å². The number of nitrogens with zero attached hydrogens (tertiary/aromatic N) is 1. The minimum absolute atomic E-state index is 0.101. The molecule has 0 saturated carbocycles. The first kappa shape index (κ1) is 13.8. The molecule has 1 aromatic heterocycles. The number of carbonyl (C=O) groups is 1. The predicted molar refractivity (Wildman–Crippen MR) is 80.5 cm³/mol. The third-order valence-electron chi connectivity index (χ3n) is 3.92. The van der Waals surface area contributed by atoms with Gasteiger partial charge in [-0.25, -0.2) is 4.79 Å². The number of fused-ring (bicyclic) bond motifs is 1. The summed E-state index contributed by atoms with van der Waals surface area (Å²) in [5.74, 6) is -0.263. The monoisotopic (exact) mass is 286 g/mol. The highest BCUT2D eigenvalue weighted by atomic mass is 16.4. The lowest BCUT2D eigenvalue weighted by Gasteiger charge is -2.42. The molecule has 1 saturated heterocycles. The van der Waals surface area contributed by atoms with E-state index in [1.165, 1.54) is 0 Å². The van der Waals surface area contributed by atoms with E-state index in [-0.39, 0.29) is 17.0 Å². The number of nitrogens with one attached hydrogen (secondary N) is 1. The summed E-state index contributed by atoms with van der Waals surface area (Å²) in [6.45, 7) is 5.99. The van der Waals surface area contributed by atoms with Crippen LogP contribution in [0.2, 0.25) is 0 Å². The molecule has 5 heteroatoms. The number of para-hydroxylation sites is 1. The number of carbonyl (C=O) groups excluding carboxylic acids is 1. The maximum atomic E-state index is 12.7. The quantitative estimate of drug-likeness (QED) is 0.809. The fraction of sp³-hybridized carbons (Fsp3) is 0.375. The Kier molecular flexibility index (Phi) is 3.29. The Morgan fingerprint density at radius 1 is 1.33 bits per heavy atom. The predicted octanol–water partition coefficient (Wildman–Crippen LogP) is 1.62. The number of hydrogen-bond donors (Lipinski definition) is 1. The lowest BCUT2D eigenvalue weighted by atomic mass is 9.99. The smallest absolute Gasteiger partial charge is 0.349 e. The van der Waals surface area contributed by atoms with Crippen LogP contribution in [0.3, 0.4) is 0 Å². The van der Waals surface area contributed by atoms with Crippen LogP contribution in [0.4, 0.5) is 0 Å². The molecular formula is C16H18N2O3. The lowest BCUT2D eigenvalue weighted by molar-refractivity contribution is 0.0473. The molecule has 110 valence electrons. The van der Waals surface area contributed by atoms with Crippen molar-refractivity contribution in [1.82, 2.24) is 10.2 Å². The Labute approximate surface area is 122 Å². The van der Waals surface area contributed by atoms with Crippen LogP contribution in [-0.2, 0) is 0 Å². The van der Waals surface area contributed by atoms with Crippen LogP contribution < -0.4 is 10.9 Å². The van der Waals surface area contributed by atoms with E-state index in [0.29, 0.717) is 18.7 Å². The molecule has 0 spiro atoms. The number of benzene rings is 1. The van der Waals surface area contributed by atoms with Crippen molar-refractivity contribution < 1.29 is 9.21 Å². The number of hydrogen-bond acceptors (Lipinski definition) is 4. The summed E-state index contributed by atoms with van der Waals surface area (Å²) in [6, 6.07) is 8.83. The lowest BCUT2D eigenvalue weighted by Crippen LogP contribution is -2.60. The van der Waals surface area contributed by atoms with Gasteiger partial charge in [0.1, 0.15) is 11.1 Å². The van der Waals surface area contributed by atoms with Crippen LogP contribution >= 0.6 is 0 Å². The Morgan fingerprint density at radius 3 is 2.86 bits per heavy atom. The molecule has 3 rings (SSSR count). The van der Waals surface area contributed by atoms with E-state index in [4.69, 9.17) is 4.42 Å². The highest BCUT2D eigenvalue weighted by molar-refractivity contribution is 5.97. The van der Waals surface area contributed by atoms with E-state index in [0.717, 1.165) is 11.9 Å². The molecule has 1 N–H and O–H groups in total. The summed E-state index contributed by atoms with van der Waals surface area (Å²) in [5, 5.41) is 4.02. The molecule has 1 aliphatic heterocycles. The van der Waals surface area contributed by atoms with Crippen molar-refractivity contribution in [2.75, 3.05) is 19.6 Å². The second-order valence-corrected chi connectivity index (χ2v) is 5.93. The minimum Gasteiger partial charge on any atom is -0.422 e. The van der Waals surface area contributed by atoms with Crippen molar-refractivity contribution in [2.45, 2.75) is 19.4 Å². The van der Waals surface area contributed by atoms with Crippen LogP contribution in [-0.4, -0.2) is 36.0 Å². The molecule has 2 heterocycles. The zero-order valence-electron chi connectivity index (χ0n) is 12.2. The van der Waals surface area contributed by atoms with E-state index in [1.54, 1.807) is 23.1 Å². The molecule has 1 fully saturated rings. The first-order valence-corrected chi connectivity index (χ1v) is 7.05. The maximum Gasteiger partial charge on any atom is 0.349 e. The summed E-state index contributed by atoms with van der Waals surface area (Å²) in [7, 11) is 0. The SMILES string of the molecule is CC1(C)CNCCN1C(=O)c1cc2ccccc2oc1=O. The van der Waals surface area contributed by atoms with Crippen LogP contribution in [0.1, 0.15) is 24.2 Å². The second-order valence-electron chi connectivity index (χ2n) is 5.93. The van der Waals surface area contributed by atoms with Gasteiger partial charge in [-0.1, -0.05) is 18.2 Å². The van der Waals surface area contributed by atoms with E-state index in [9.17, 15) is 9.59 Å². The fourth-order valence-corrected chi connectivity index (χ4v) is 2.72.